The van der Waals surface area contributed by atoms with Crippen molar-refractivity contribution >= 4 is 17.6 Å². The van der Waals surface area contributed by atoms with Crippen molar-refractivity contribution in [1.29, 1.82) is 0 Å². The molecule has 0 radical (unpaired) electrons. The number of carbonyl (C=O) groups excluding carboxylic acids is 2. The highest BCUT2D eigenvalue weighted by molar-refractivity contribution is 6.04. The van der Waals surface area contributed by atoms with Crippen LogP contribution in [0.5, 0.6) is 0 Å². The zero-order chi connectivity index (χ0) is 22.3. The first-order chi connectivity index (χ1) is 14.7. The van der Waals surface area contributed by atoms with Crippen molar-refractivity contribution in [3.63, 3.8) is 0 Å². The number of hydrogen-bond acceptors (Lipinski definition) is 3. The van der Waals surface area contributed by atoms with Gasteiger partial charge in [-0.05, 0) is 44.2 Å². The number of H-pyrrole nitrogens is 1. The highest BCUT2D eigenvalue weighted by Crippen LogP contribution is 2.41. The maximum Gasteiger partial charge on any atom is 0.256 e. The van der Waals surface area contributed by atoms with Crippen LogP contribution < -0.4 is 5.32 Å². The van der Waals surface area contributed by atoms with Crippen LogP contribution in [-0.2, 0) is 23.3 Å². The minimum atomic E-state index is -0.844. The number of aromatic nitrogens is 2. The SMILES string of the molecule is CC1(C)c2[nH]nc(NC(=O)c3cccc(F)c3)c2CN1C(=O)Cc1c(F)cccc1F. The van der Waals surface area contributed by atoms with Gasteiger partial charge in [-0.2, -0.15) is 5.10 Å². The van der Waals surface area contributed by atoms with E-state index in [0.29, 0.717) is 11.3 Å². The molecule has 2 N–H and O–H groups in total. The van der Waals surface area contributed by atoms with Crippen molar-refractivity contribution < 1.29 is 22.8 Å². The Kier molecular flexibility index (Phi) is 5.04. The van der Waals surface area contributed by atoms with Gasteiger partial charge in [0.15, 0.2) is 5.82 Å². The fraction of sp³-hybridized carbons (Fsp3) is 0.227. The van der Waals surface area contributed by atoms with Crippen molar-refractivity contribution in [3.05, 3.63) is 82.3 Å². The Morgan fingerprint density at radius 1 is 1.13 bits per heavy atom. The second-order valence-electron chi connectivity index (χ2n) is 7.81. The topological polar surface area (TPSA) is 78.1 Å². The standard InChI is InChI=1S/C22H19F3N4O2/c1-22(2)19-15(11-29(22)18(30)10-14-16(24)7-4-8-17(14)25)20(28-27-19)26-21(31)12-5-3-6-13(23)9-12/h3-9H,10-11H2,1-2H3,(H2,26,27,28,31). The summed E-state index contributed by atoms with van der Waals surface area (Å²) in [5.41, 5.74) is 0.165. The Bertz CT molecular complexity index is 1170. The maximum absolute atomic E-state index is 14.0. The summed E-state index contributed by atoms with van der Waals surface area (Å²) in [6, 6.07) is 8.67. The average Bonchev–Trinajstić information content (AvgIpc) is 3.23. The molecule has 6 nitrogen and oxygen atoms in total. The van der Waals surface area contributed by atoms with Crippen molar-refractivity contribution in [2.24, 2.45) is 0 Å². The molecule has 31 heavy (non-hydrogen) atoms. The van der Waals surface area contributed by atoms with Crippen LogP contribution in [0.1, 0.15) is 41.0 Å². The zero-order valence-electron chi connectivity index (χ0n) is 16.8. The van der Waals surface area contributed by atoms with Crippen LogP contribution in [0.25, 0.3) is 0 Å². The van der Waals surface area contributed by atoms with Crippen molar-refractivity contribution in [2.45, 2.75) is 32.4 Å². The molecule has 9 heteroatoms. The quantitative estimate of drug-likeness (QED) is 0.662. The molecule has 0 spiro atoms. The van der Waals surface area contributed by atoms with Gasteiger partial charge < -0.3 is 10.2 Å². The third kappa shape index (κ3) is 3.67. The highest BCUT2D eigenvalue weighted by Gasteiger charge is 2.43. The molecule has 0 saturated heterocycles. The Balaban J connectivity index is 1.56. The predicted molar refractivity (Wildman–Crippen MR) is 107 cm³/mol. The van der Waals surface area contributed by atoms with Crippen LogP contribution in [0, 0.1) is 17.5 Å². The zero-order valence-corrected chi connectivity index (χ0v) is 16.8. The number of nitrogens with zero attached hydrogens (tertiary/aromatic N) is 2. The van der Waals surface area contributed by atoms with E-state index in [1.54, 1.807) is 13.8 Å². The van der Waals surface area contributed by atoms with Crippen LogP contribution >= 0.6 is 0 Å². The maximum atomic E-state index is 14.0. The number of nitrogens with one attached hydrogen (secondary N) is 2. The lowest BCUT2D eigenvalue weighted by atomic mass is 10.00. The van der Waals surface area contributed by atoms with Gasteiger partial charge in [0.1, 0.15) is 17.5 Å². The third-order valence-corrected chi connectivity index (χ3v) is 5.48. The van der Waals surface area contributed by atoms with E-state index in [0.717, 1.165) is 18.2 Å². The highest BCUT2D eigenvalue weighted by atomic mass is 19.1. The molecular weight excluding hydrogens is 409 g/mol. The molecule has 0 saturated carbocycles. The summed E-state index contributed by atoms with van der Waals surface area (Å²) in [4.78, 5) is 26.9. The largest absolute Gasteiger partial charge is 0.327 e. The number of anilines is 1. The van der Waals surface area contributed by atoms with Gasteiger partial charge in [0, 0.05) is 16.7 Å². The summed E-state index contributed by atoms with van der Waals surface area (Å²) in [5.74, 6) is -2.92. The summed E-state index contributed by atoms with van der Waals surface area (Å²) in [7, 11) is 0. The van der Waals surface area contributed by atoms with Crippen molar-refractivity contribution in [3.8, 4) is 0 Å². The van der Waals surface area contributed by atoms with E-state index in [2.05, 4.69) is 15.5 Å². The van der Waals surface area contributed by atoms with Crippen LogP contribution in [-0.4, -0.2) is 26.9 Å². The number of carbonyl (C=O) groups is 2. The van der Waals surface area contributed by atoms with Gasteiger partial charge in [0.25, 0.3) is 5.91 Å². The summed E-state index contributed by atoms with van der Waals surface area (Å²) in [5, 5.41) is 9.58. The Hall–Kier alpha value is -3.62. The lowest BCUT2D eigenvalue weighted by Gasteiger charge is -2.32. The van der Waals surface area contributed by atoms with E-state index in [9.17, 15) is 22.8 Å². The number of benzene rings is 2. The minimum absolute atomic E-state index is 0.0898. The van der Waals surface area contributed by atoms with Gasteiger partial charge in [-0.3, -0.25) is 14.7 Å². The molecule has 2 heterocycles. The summed E-state index contributed by atoms with van der Waals surface area (Å²) in [6.07, 6.45) is -0.440. The summed E-state index contributed by atoms with van der Waals surface area (Å²) < 4.78 is 41.4. The van der Waals surface area contributed by atoms with Gasteiger partial charge in [-0.1, -0.05) is 12.1 Å². The molecule has 160 valence electrons. The summed E-state index contributed by atoms with van der Waals surface area (Å²) >= 11 is 0. The molecule has 2 aromatic carbocycles. The molecule has 0 fully saturated rings. The van der Waals surface area contributed by atoms with Gasteiger partial charge in [0.05, 0.1) is 24.2 Å². The van der Waals surface area contributed by atoms with E-state index in [1.165, 1.54) is 29.2 Å². The minimum Gasteiger partial charge on any atom is -0.327 e. The van der Waals surface area contributed by atoms with Crippen LogP contribution in [0.3, 0.4) is 0 Å². The number of aromatic amines is 1. The molecule has 0 unspecified atom stereocenters. The Morgan fingerprint density at radius 3 is 2.48 bits per heavy atom. The molecule has 0 atom stereocenters. The molecule has 1 aliphatic rings. The second kappa shape index (κ2) is 7.57. The van der Waals surface area contributed by atoms with Crippen LogP contribution in [0.4, 0.5) is 19.0 Å². The molecule has 0 aliphatic carbocycles. The predicted octanol–water partition coefficient (Wildman–Crippen LogP) is 3.90. The number of halogens is 3. The van der Waals surface area contributed by atoms with E-state index < -0.39 is 41.2 Å². The number of fused-ring (bicyclic) bond motifs is 1. The van der Waals surface area contributed by atoms with E-state index in [4.69, 9.17) is 0 Å². The first-order valence-corrected chi connectivity index (χ1v) is 9.56. The second-order valence-corrected chi connectivity index (χ2v) is 7.81. The molecule has 1 aromatic heterocycles. The molecule has 2 amide bonds. The first kappa shape index (κ1) is 20.6. The Morgan fingerprint density at radius 2 is 1.81 bits per heavy atom. The molecule has 3 aromatic rings. The first-order valence-electron chi connectivity index (χ1n) is 9.56. The average molecular weight is 428 g/mol. The molecular formula is C22H19F3N4O2. The smallest absolute Gasteiger partial charge is 0.256 e. The van der Waals surface area contributed by atoms with Gasteiger partial charge in [0.2, 0.25) is 5.91 Å². The van der Waals surface area contributed by atoms with Crippen LogP contribution in [0.2, 0.25) is 0 Å². The molecule has 4 rings (SSSR count). The lowest BCUT2D eigenvalue weighted by molar-refractivity contribution is -0.136. The number of hydrogen-bond donors (Lipinski definition) is 2. The van der Waals surface area contributed by atoms with E-state index >= 15 is 0 Å². The Labute approximate surface area is 176 Å². The fourth-order valence-electron chi connectivity index (χ4n) is 3.78. The normalized spacial score (nSPS) is 14.4. The third-order valence-electron chi connectivity index (χ3n) is 5.48. The van der Waals surface area contributed by atoms with Crippen molar-refractivity contribution in [2.75, 3.05) is 5.32 Å². The van der Waals surface area contributed by atoms with Gasteiger partial charge >= 0.3 is 0 Å². The van der Waals surface area contributed by atoms with Gasteiger partial charge in [-0.15, -0.1) is 0 Å². The monoisotopic (exact) mass is 428 g/mol. The summed E-state index contributed by atoms with van der Waals surface area (Å²) in [6.45, 7) is 3.63. The fourth-order valence-corrected chi connectivity index (χ4v) is 3.78. The van der Waals surface area contributed by atoms with E-state index in [1.807, 2.05) is 0 Å². The molecule has 1 aliphatic heterocycles. The van der Waals surface area contributed by atoms with Crippen molar-refractivity contribution in [1.82, 2.24) is 15.1 Å². The van der Waals surface area contributed by atoms with E-state index in [-0.39, 0.29) is 23.5 Å². The van der Waals surface area contributed by atoms with Crippen LogP contribution in [0.15, 0.2) is 42.5 Å². The lowest BCUT2D eigenvalue weighted by Crippen LogP contribution is -2.41. The number of rotatable bonds is 4. The number of amides is 2. The van der Waals surface area contributed by atoms with Gasteiger partial charge in [-0.25, -0.2) is 13.2 Å². The molecule has 0 bridgehead atoms.